The quantitative estimate of drug-likeness (QED) is 0.361. The van der Waals surface area contributed by atoms with E-state index in [4.69, 9.17) is 9.47 Å². The maximum absolute atomic E-state index is 12.6. The lowest BCUT2D eigenvalue weighted by atomic mass is 10.2. The van der Waals surface area contributed by atoms with Crippen LogP contribution in [0.1, 0.15) is 37.4 Å². The summed E-state index contributed by atoms with van der Waals surface area (Å²) in [5.41, 5.74) is 0.958. The summed E-state index contributed by atoms with van der Waals surface area (Å²) in [6, 6.07) is 17.7. The second-order valence-electron chi connectivity index (χ2n) is 7.66. The van der Waals surface area contributed by atoms with Gasteiger partial charge in [-0.3, -0.25) is 9.59 Å². The van der Waals surface area contributed by atoms with Crippen LogP contribution in [0.15, 0.2) is 65.5 Å². The lowest BCUT2D eigenvalue weighted by Crippen LogP contribution is -2.32. The third-order valence-electron chi connectivity index (χ3n) is 5.00. The molecule has 4 aromatic rings. The molecule has 9 heteroatoms. The highest BCUT2D eigenvalue weighted by Crippen LogP contribution is 2.19. The molecule has 0 fully saturated rings. The first-order valence-corrected chi connectivity index (χ1v) is 12.0. The van der Waals surface area contributed by atoms with Crippen LogP contribution in [0.3, 0.4) is 0 Å². The fourth-order valence-electron chi connectivity index (χ4n) is 3.28. The molecule has 0 aliphatic heterocycles. The van der Waals surface area contributed by atoms with Crippen LogP contribution in [-0.4, -0.2) is 26.6 Å². The number of amides is 1. The number of rotatable bonds is 10. The van der Waals surface area contributed by atoms with E-state index < -0.39 is 6.10 Å². The number of hydrogen-bond acceptors (Lipinski definition) is 7. The van der Waals surface area contributed by atoms with Crippen LogP contribution in [0.4, 0.5) is 5.69 Å². The summed E-state index contributed by atoms with van der Waals surface area (Å²) >= 11 is 1.42. The Morgan fingerprint density at radius 3 is 2.56 bits per heavy atom. The zero-order valence-electron chi connectivity index (χ0n) is 19.1. The summed E-state index contributed by atoms with van der Waals surface area (Å²) in [5.74, 6) is 1.04. The fraction of sp³-hybridized carbons (Fsp3) is 0.280. The van der Waals surface area contributed by atoms with Crippen molar-refractivity contribution in [3.05, 3.63) is 81.7 Å². The van der Waals surface area contributed by atoms with Crippen molar-refractivity contribution in [1.82, 2.24) is 14.6 Å². The average Bonchev–Trinajstić information content (AvgIpc) is 3.26. The van der Waals surface area contributed by atoms with Crippen LogP contribution in [0, 0.1) is 0 Å². The molecular weight excluding hydrogens is 452 g/mol. The summed E-state index contributed by atoms with van der Waals surface area (Å²) in [6.07, 6.45) is 1.72. The van der Waals surface area contributed by atoms with Gasteiger partial charge in [0.05, 0.1) is 5.69 Å². The van der Waals surface area contributed by atoms with E-state index in [-0.39, 0.29) is 18.1 Å². The van der Waals surface area contributed by atoms with Crippen LogP contribution in [0.25, 0.3) is 4.96 Å². The standard InChI is InChI=1S/C25H26N4O4S/c1-3-8-22-28-29-23(30)15-18(27-25(29)34-22)16-32-19-13-11-17(12-14-19)26-24(31)21(4-2)33-20-9-6-5-7-10-20/h5-7,9-15,21H,3-4,8,16H2,1-2H3,(H,26,31). The number of aryl methyl sites for hydroxylation is 1. The van der Waals surface area contributed by atoms with Crippen molar-refractivity contribution in [3.8, 4) is 11.5 Å². The molecule has 1 amide bonds. The number of para-hydroxylation sites is 1. The molecule has 0 aliphatic rings. The number of fused-ring (bicyclic) bond motifs is 1. The van der Waals surface area contributed by atoms with Gasteiger partial charge in [-0.2, -0.15) is 9.61 Å². The highest BCUT2D eigenvalue weighted by Gasteiger charge is 2.18. The van der Waals surface area contributed by atoms with Crippen molar-refractivity contribution in [2.24, 2.45) is 0 Å². The molecule has 0 aliphatic carbocycles. The van der Waals surface area contributed by atoms with Crippen molar-refractivity contribution in [3.63, 3.8) is 0 Å². The third-order valence-corrected chi connectivity index (χ3v) is 5.97. The highest BCUT2D eigenvalue weighted by atomic mass is 32.1. The van der Waals surface area contributed by atoms with Gasteiger partial charge < -0.3 is 14.8 Å². The van der Waals surface area contributed by atoms with E-state index in [2.05, 4.69) is 22.3 Å². The van der Waals surface area contributed by atoms with Crippen molar-refractivity contribution in [2.75, 3.05) is 5.32 Å². The molecule has 2 aromatic carbocycles. The fourth-order valence-corrected chi connectivity index (χ4v) is 4.30. The number of anilines is 1. The van der Waals surface area contributed by atoms with E-state index in [1.165, 1.54) is 21.9 Å². The molecule has 1 unspecified atom stereocenters. The number of nitrogens with zero attached hydrogens (tertiary/aromatic N) is 3. The van der Waals surface area contributed by atoms with Crippen LogP contribution in [0.2, 0.25) is 0 Å². The molecule has 1 atom stereocenters. The zero-order chi connectivity index (χ0) is 23.9. The first-order valence-electron chi connectivity index (χ1n) is 11.2. The van der Waals surface area contributed by atoms with Gasteiger partial charge in [0.25, 0.3) is 11.5 Å². The highest BCUT2D eigenvalue weighted by molar-refractivity contribution is 7.16. The Balaban J connectivity index is 1.35. The van der Waals surface area contributed by atoms with Crippen molar-refractivity contribution in [2.45, 2.75) is 45.8 Å². The molecule has 2 heterocycles. The lowest BCUT2D eigenvalue weighted by molar-refractivity contribution is -0.122. The van der Waals surface area contributed by atoms with E-state index in [0.717, 1.165) is 17.8 Å². The minimum atomic E-state index is -0.594. The van der Waals surface area contributed by atoms with Crippen LogP contribution in [0.5, 0.6) is 11.5 Å². The number of carbonyl (C=O) groups is 1. The average molecular weight is 479 g/mol. The van der Waals surface area contributed by atoms with Gasteiger partial charge >= 0.3 is 0 Å². The van der Waals surface area contributed by atoms with Crippen molar-refractivity contribution >= 4 is 27.9 Å². The topological polar surface area (TPSA) is 94.8 Å². The molecule has 176 valence electrons. The summed E-state index contributed by atoms with van der Waals surface area (Å²) in [6.45, 7) is 4.12. The molecule has 34 heavy (non-hydrogen) atoms. The van der Waals surface area contributed by atoms with Gasteiger partial charge in [0, 0.05) is 18.2 Å². The maximum Gasteiger partial charge on any atom is 0.275 e. The normalized spacial score (nSPS) is 11.8. The predicted octanol–water partition coefficient (Wildman–Crippen LogP) is 4.48. The molecule has 0 bridgehead atoms. The number of hydrogen-bond donors (Lipinski definition) is 1. The molecule has 0 saturated carbocycles. The van der Waals surface area contributed by atoms with E-state index in [1.807, 2.05) is 37.3 Å². The monoisotopic (exact) mass is 478 g/mol. The van der Waals surface area contributed by atoms with Crippen LogP contribution in [-0.2, 0) is 17.8 Å². The third kappa shape index (κ3) is 5.79. The van der Waals surface area contributed by atoms with Gasteiger partial charge in [-0.05, 0) is 49.2 Å². The first-order chi connectivity index (χ1) is 16.6. The first kappa shape index (κ1) is 23.4. The van der Waals surface area contributed by atoms with Gasteiger partial charge in [-0.25, -0.2) is 4.98 Å². The Bertz CT molecular complexity index is 1300. The molecule has 0 radical (unpaired) electrons. The van der Waals surface area contributed by atoms with Crippen LogP contribution < -0.4 is 20.3 Å². The molecule has 8 nitrogen and oxygen atoms in total. The molecular formula is C25H26N4O4S. The Labute approximate surface area is 201 Å². The number of carbonyl (C=O) groups excluding carboxylic acids is 1. The van der Waals surface area contributed by atoms with Gasteiger partial charge in [0.15, 0.2) is 6.10 Å². The lowest BCUT2D eigenvalue weighted by Gasteiger charge is -2.17. The zero-order valence-corrected chi connectivity index (χ0v) is 19.9. The van der Waals surface area contributed by atoms with Gasteiger partial charge in [0.2, 0.25) is 4.96 Å². The smallest absolute Gasteiger partial charge is 0.275 e. The molecule has 0 spiro atoms. The molecule has 1 N–H and O–H groups in total. The van der Waals surface area contributed by atoms with E-state index in [9.17, 15) is 9.59 Å². The molecule has 0 saturated heterocycles. The van der Waals surface area contributed by atoms with Crippen molar-refractivity contribution in [1.29, 1.82) is 0 Å². The summed E-state index contributed by atoms with van der Waals surface area (Å²) in [5, 5.41) is 8.08. The van der Waals surface area contributed by atoms with Crippen LogP contribution >= 0.6 is 11.3 Å². The second-order valence-corrected chi connectivity index (χ2v) is 8.70. The van der Waals surface area contributed by atoms with E-state index >= 15 is 0 Å². The summed E-state index contributed by atoms with van der Waals surface area (Å²) < 4.78 is 12.9. The number of ether oxygens (including phenoxy) is 2. The van der Waals surface area contributed by atoms with Gasteiger partial charge in [-0.15, -0.1) is 0 Å². The predicted molar refractivity (Wildman–Crippen MR) is 132 cm³/mol. The minimum Gasteiger partial charge on any atom is -0.487 e. The Morgan fingerprint density at radius 2 is 1.85 bits per heavy atom. The molecule has 2 aromatic heterocycles. The maximum atomic E-state index is 12.6. The Hall–Kier alpha value is -3.72. The van der Waals surface area contributed by atoms with E-state index in [1.54, 1.807) is 24.3 Å². The Kier molecular flexibility index (Phi) is 7.54. The second kappa shape index (κ2) is 10.9. The number of benzene rings is 2. The summed E-state index contributed by atoms with van der Waals surface area (Å²) in [7, 11) is 0. The number of aromatic nitrogens is 3. The largest absolute Gasteiger partial charge is 0.487 e. The SMILES string of the molecule is CCCc1nn2c(=O)cc(COc3ccc(NC(=O)C(CC)Oc4ccccc4)cc3)nc2s1. The van der Waals surface area contributed by atoms with Crippen molar-refractivity contribution < 1.29 is 14.3 Å². The Morgan fingerprint density at radius 1 is 1.09 bits per heavy atom. The summed E-state index contributed by atoms with van der Waals surface area (Å²) in [4.78, 5) is 30.0. The number of nitrogens with one attached hydrogen (secondary N) is 1. The van der Waals surface area contributed by atoms with Gasteiger partial charge in [-0.1, -0.05) is 43.4 Å². The minimum absolute atomic E-state index is 0.154. The van der Waals surface area contributed by atoms with E-state index in [0.29, 0.717) is 34.3 Å². The molecule has 4 rings (SSSR count). The van der Waals surface area contributed by atoms with Gasteiger partial charge in [0.1, 0.15) is 23.1 Å².